The first-order valence-corrected chi connectivity index (χ1v) is 7.52. The molecule has 0 saturated carbocycles. The zero-order valence-corrected chi connectivity index (χ0v) is 13.6. The van der Waals surface area contributed by atoms with Gasteiger partial charge >= 0.3 is 0 Å². The lowest BCUT2D eigenvalue weighted by Gasteiger charge is -2.08. The molecule has 0 aliphatic heterocycles. The molecular formula is C18H23NO3. The number of furan rings is 1. The first kappa shape index (κ1) is 16.1. The monoisotopic (exact) mass is 301 g/mol. The van der Waals surface area contributed by atoms with E-state index in [-0.39, 0.29) is 5.91 Å². The van der Waals surface area contributed by atoms with Crippen molar-refractivity contribution in [1.82, 2.24) is 5.32 Å². The minimum Gasteiger partial charge on any atom is -0.485 e. The third-order valence-electron chi connectivity index (χ3n) is 3.27. The predicted molar refractivity (Wildman–Crippen MR) is 86.1 cm³/mol. The lowest BCUT2D eigenvalue weighted by molar-refractivity contribution is 0.0917. The molecule has 0 atom stereocenters. The third-order valence-corrected chi connectivity index (χ3v) is 3.27. The quantitative estimate of drug-likeness (QED) is 0.881. The molecule has 0 radical (unpaired) electrons. The second-order valence-corrected chi connectivity index (χ2v) is 5.93. The Morgan fingerprint density at radius 2 is 2.00 bits per heavy atom. The maximum atomic E-state index is 11.9. The molecule has 0 unspecified atom stereocenters. The van der Waals surface area contributed by atoms with E-state index < -0.39 is 0 Å². The molecule has 1 aromatic carbocycles. The molecule has 0 aliphatic rings. The summed E-state index contributed by atoms with van der Waals surface area (Å²) in [5.41, 5.74) is 2.22. The molecule has 0 saturated heterocycles. The van der Waals surface area contributed by atoms with Crippen molar-refractivity contribution in [1.29, 1.82) is 0 Å². The van der Waals surface area contributed by atoms with E-state index in [0.29, 0.717) is 30.6 Å². The highest BCUT2D eigenvalue weighted by Gasteiger charge is 2.12. The number of hydrogen-bond acceptors (Lipinski definition) is 3. The Morgan fingerprint density at radius 1 is 1.23 bits per heavy atom. The van der Waals surface area contributed by atoms with Crippen molar-refractivity contribution >= 4 is 5.91 Å². The molecule has 1 amide bonds. The van der Waals surface area contributed by atoms with Crippen LogP contribution >= 0.6 is 0 Å². The number of carbonyl (C=O) groups is 1. The van der Waals surface area contributed by atoms with Crippen LogP contribution in [-0.2, 0) is 6.61 Å². The summed E-state index contributed by atoms with van der Waals surface area (Å²) in [7, 11) is 0. The molecule has 1 aromatic heterocycles. The van der Waals surface area contributed by atoms with Crippen LogP contribution in [0.5, 0.6) is 5.75 Å². The molecule has 2 aromatic rings. The molecule has 1 N–H and O–H groups in total. The third kappa shape index (κ3) is 4.38. The van der Waals surface area contributed by atoms with Gasteiger partial charge in [0.05, 0.1) is 0 Å². The molecule has 4 nitrogen and oxygen atoms in total. The summed E-state index contributed by atoms with van der Waals surface area (Å²) in [4.78, 5) is 11.9. The average Bonchev–Trinajstić information content (AvgIpc) is 2.94. The summed E-state index contributed by atoms with van der Waals surface area (Å²) in [6.07, 6.45) is 0. The molecule has 0 spiro atoms. The van der Waals surface area contributed by atoms with Crippen molar-refractivity contribution in [2.45, 2.75) is 34.3 Å². The van der Waals surface area contributed by atoms with Crippen molar-refractivity contribution in [3.63, 3.8) is 0 Å². The van der Waals surface area contributed by atoms with Gasteiger partial charge in [-0.05, 0) is 49.1 Å². The van der Waals surface area contributed by atoms with Crippen LogP contribution < -0.4 is 10.1 Å². The number of amides is 1. The number of carbonyl (C=O) groups excluding carboxylic acids is 1. The summed E-state index contributed by atoms with van der Waals surface area (Å²) < 4.78 is 11.3. The van der Waals surface area contributed by atoms with E-state index in [1.165, 1.54) is 0 Å². The Kier molecular flexibility index (Phi) is 5.26. The number of benzene rings is 1. The first-order valence-electron chi connectivity index (χ1n) is 7.52. The summed E-state index contributed by atoms with van der Waals surface area (Å²) in [6, 6.07) is 9.52. The summed E-state index contributed by atoms with van der Waals surface area (Å²) in [6.45, 7) is 9.06. The average molecular weight is 301 g/mol. The molecule has 0 bridgehead atoms. The zero-order valence-electron chi connectivity index (χ0n) is 13.6. The van der Waals surface area contributed by atoms with Crippen LogP contribution in [0, 0.1) is 19.8 Å². The standard InChI is InChI=1S/C18H23NO3/c1-12(2)10-19-18(20)16-8-7-15(22-16)11-21-17-9-13(3)5-6-14(17)4/h5-9,12H,10-11H2,1-4H3,(H,19,20). The van der Waals surface area contributed by atoms with Crippen LogP contribution in [0.2, 0.25) is 0 Å². The van der Waals surface area contributed by atoms with Crippen molar-refractivity contribution < 1.29 is 13.9 Å². The number of aryl methyl sites for hydroxylation is 2. The second-order valence-electron chi connectivity index (χ2n) is 5.93. The van der Waals surface area contributed by atoms with Gasteiger partial charge in [0.2, 0.25) is 0 Å². The SMILES string of the molecule is Cc1ccc(C)c(OCc2ccc(C(=O)NCC(C)C)o2)c1. The van der Waals surface area contributed by atoms with Gasteiger partial charge in [-0.2, -0.15) is 0 Å². The first-order chi connectivity index (χ1) is 10.5. The number of ether oxygens (including phenoxy) is 1. The predicted octanol–water partition coefficient (Wildman–Crippen LogP) is 3.86. The summed E-state index contributed by atoms with van der Waals surface area (Å²) in [5, 5.41) is 2.83. The van der Waals surface area contributed by atoms with Crippen LogP contribution in [0.4, 0.5) is 0 Å². The normalized spacial score (nSPS) is 10.8. The van der Waals surface area contributed by atoms with Crippen LogP contribution in [-0.4, -0.2) is 12.5 Å². The van der Waals surface area contributed by atoms with Crippen LogP contribution in [0.1, 0.15) is 41.3 Å². The van der Waals surface area contributed by atoms with Gasteiger partial charge in [-0.15, -0.1) is 0 Å². The molecule has 0 fully saturated rings. The Balaban J connectivity index is 1.94. The minimum absolute atomic E-state index is 0.188. The Morgan fingerprint density at radius 3 is 2.73 bits per heavy atom. The molecule has 2 rings (SSSR count). The number of rotatable bonds is 6. The van der Waals surface area contributed by atoms with Crippen LogP contribution in [0.25, 0.3) is 0 Å². The molecule has 1 heterocycles. The molecule has 4 heteroatoms. The highest BCUT2D eigenvalue weighted by molar-refractivity contribution is 5.91. The smallest absolute Gasteiger partial charge is 0.287 e. The van der Waals surface area contributed by atoms with Crippen molar-refractivity contribution in [2.75, 3.05) is 6.54 Å². The van der Waals surface area contributed by atoms with E-state index in [9.17, 15) is 4.79 Å². The fraction of sp³-hybridized carbons (Fsp3) is 0.389. The van der Waals surface area contributed by atoms with Crippen LogP contribution in [0.3, 0.4) is 0 Å². The molecule has 0 aliphatic carbocycles. The van der Waals surface area contributed by atoms with Gasteiger partial charge in [0.1, 0.15) is 18.1 Å². The second kappa shape index (κ2) is 7.16. The van der Waals surface area contributed by atoms with Gasteiger partial charge in [0.15, 0.2) is 5.76 Å². The topological polar surface area (TPSA) is 51.5 Å². The minimum atomic E-state index is -0.188. The van der Waals surface area contributed by atoms with Gasteiger partial charge in [-0.1, -0.05) is 26.0 Å². The molecule has 22 heavy (non-hydrogen) atoms. The van der Waals surface area contributed by atoms with Gasteiger partial charge in [-0.25, -0.2) is 0 Å². The summed E-state index contributed by atoms with van der Waals surface area (Å²) >= 11 is 0. The maximum Gasteiger partial charge on any atom is 0.287 e. The molecular weight excluding hydrogens is 278 g/mol. The van der Waals surface area contributed by atoms with Crippen molar-refractivity contribution in [3.8, 4) is 5.75 Å². The number of hydrogen-bond donors (Lipinski definition) is 1. The summed E-state index contributed by atoms with van der Waals surface area (Å²) in [5.74, 6) is 2.01. The molecule has 118 valence electrons. The number of nitrogens with one attached hydrogen (secondary N) is 1. The van der Waals surface area contributed by atoms with Crippen molar-refractivity contribution in [2.24, 2.45) is 5.92 Å². The lowest BCUT2D eigenvalue weighted by atomic mass is 10.1. The van der Waals surface area contributed by atoms with Gasteiger partial charge < -0.3 is 14.5 Å². The van der Waals surface area contributed by atoms with E-state index in [4.69, 9.17) is 9.15 Å². The van der Waals surface area contributed by atoms with E-state index in [1.807, 2.05) is 45.9 Å². The Labute approximate surface area is 131 Å². The Hall–Kier alpha value is -2.23. The highest BCUT2D eigenvalue weighted by atomic mass is 16.5. The van der Waals surface area contributed by atoms with E-state index in [2.05, 4.69) is 5.32 Å². The van der Waals surface area contributed by atoms with Crippen molar-refractivity contribution in [3.05, 3.63) is 53.0 Å². The van der Waals surface area contributed by atoms with E-state index in [0.717, 1.165) is 16.9 Å². The van der Waals surface area contributed by atoms with E-state index in [1.54, 1.807) is 12.1 Å². The zero-order chi connectivity index (χ0) is 16.1. The maximum absolute atomic E-state index is 11.9. The highest BCUT2D eigenvalue weighted by Crippen LogP contribution is 2.21. The fourth-order valence-corrected chi connectivity index (χ4v) is 1.97. The Bertz CT molecular complexity index is 644. The van der Waals surface area contributed by atoms with Gasteiger partial charge in [0.25, 0.3) is 5.91 Å². The lowest BCUT2D eigenvalue weighted by Crippen LogP contribution is -2.26. The van der Waals surface area contributed by atoms with Gasteiger partial charge in [0, 0.05) is 6.54 Å². The van der Waals surface area contributed by atoms with Gasteiger partial charge in [-0.3, -0.25) is 4.79 Å². The largest absolute Gasteiger partial charge is 0.485 e. The van der Waals surface area contributed by atoms with Crippen LogP contribution in [0.15, 0.2) is 34.7 Å². The fourth-order valence-electron chi connectivity index (χ4n) is 1.97. The van der Waals surface area contributed by atoms with E-state index >= 15 is 0 Å².